The minimum atomic E-state index is -0.0935. The van der Waals surface area contributed by atoms with Gasteiger partial charge in [0.05, 0.1) is 11.6 Å². The van der Waals surface area contributed by atoms with Gasteiger partial charge in [-0.25, -0.2) is 14.8 Å². The Hall–Kier alpha value is -3.34. The average Bonchev–Trinajstić information content (AvgIpc) is 3.31. The van der Waals surface area contributed by atoms with Gasteiger partial charge in [0.1, 0.15) is 11.9 Å². The zero-order valence-electron chi connectivity index (χ0n) is 17.0. The maximum Gasteiger partial charge on any atom is 0.317 e. The zero-order valence-corrected chi connectivity index (χ0v) is 17.0. The number of rotatable bonds is 5. The van der Waals surface area contributed by atoms with Crippen molar-refractivity contribution in [1.29, 1.82) is 5.26 Å². The summed E-state index contributed by atoms with van der Waals surface area (Å²) in [5.41, 5.74) is 1.49. The van der Waals surface area contributed by atoms with E-state index in [2.05, 4.69) is 26.3 Å². The largest absolute Gasteiger partial charge is 0.474 e. The van der Waals surface area contributed by atoms with Crippen molar-refractivity contribution in [3.8, 4) is 11.9 Å². The summed E-state index contributed by atoms with van der Waals surface area (Å²) in [6, 6.07) is 9.33. The summed E-state index contributed by atoms with van der Waals surface area (Å²) in [5.74, 6) is 1.40. The van der Waals surface area contributed by atoms with Crippen LogP contribution in [0.3, 0.4) is 0 Å². The lowest BCUT2D eigenvalue weighted by Crippen LogP contribution is -2.51. The van der Waals surface area contributed by atoms with E-state index < -0.39 is 0 Å². The maximum absolute atomic E-state index is 12.6. The Morgan fingerprint density at radius 1 is 1.17 bits per heavy atom. The third-order valence-electron chi connectivity index (χ3n) is 5.63. The van der Waals surface area contributed by atoms with Crippen molar-refractivity contribution in [1.82, 2.24) is 20.2 Å². The van der Waals surface area contributed by atoms with Crippen LogP contribution < -0.4 is 15.0 Å². The van der Waals surface area contributed by atoms with E-state index in [0.717, 1.165) is 24.2 Å². The molecule has 2 fully saturated rings. The van der Waals surface area contributed by atoms with Crippen LogP contribution in [-0.4, -0.2) is 53.2 Å². The van der Waals surface area contributed by atoms with Crippen molar-refractivity contribution < 1.29 is 9.53 Å². The van der Waals surface area contributed by atoms with Gasteiger partial charge < -0.3 is 19.9 Å². The van der Waals surface area contributed by atoms with E-state index in [1.54, 1.807) is 29.4 Å². The standard InChI is InChI=1S/C22H26N6O2/c23-15-17-7-9-24-20(14-17)27-10-12-28(13-11-27)22(29)26-16-18-4-3-8-25-21(18)30-19-5-1-2-6-19/h3-4,7-9,14,19H,1-2,5-6,10-13,16H2,(H,26,29). The first-order valence-corrected chi connectivity index (χ1v) is 10.5. The number of carbonyl (C=O) groups excluding carboxylic acids is 1. The second-order valence-electron chi connectivity index (χ2n) is 7.64. The van der Waals surface area contributed by atoms with Crippen molar-refractivity contribution in [3.63, 3.8) is 0 Å². The quantitative estimate of drug-likeness (QED) is 0.820. The van der Waals surface area contributed by atoms with Gasteiger partial charge >= 0.3 is 6.03 Å². The maximum atomic E-state index is 12.6. The highest BCUT2D eigenvalue weighted by Crippen LogP contribution is 2.25. The molecule has 30 heavy (non-hydrogen) atoms. The van der Waals surface area contributed by atoms with E-state index in [1.165, 1.54) is 12.8 Å². The fourth-order valence-electron chi connectivity index (χ4n) is 3.91. The molecule has 1 N–H and O–H groups in total. The molecule has 2 amide bonds. The van der Waals surface area contributed by atoms with Crippen LogP contribution in [0.25, 0.3) is 0 Å². The Bertz CT molecular complexity index is 914. The van der Waals surface area contributed by atoms with Crippen molar-refractivity contribution in [2.24, 2.45) is 0 Å². The van der Waals surface area contributed by atoms with Crippen LogP contribution in [0.5, 0.6) is 5.88 Å². The second kappa shape index (κ2) is 9.44. The summed E-state index contributed by atoms with van der Waals surface area (Å²) in [6.45, 7) is 2.95. The lowest BCUT2D eigenvalue weighted by Gasteiger charge is -2.35. The van der Waals surface area contributed by atoms with E-state index in [4.69, 9.17) is 10.00 Å². The molecular formula is C22H26N6O2. The summed E-state index contributed by atoms with van der Waals surface area (Å²) in [6.07, 6.45) is 8.14. The summed E-state index contributed by atoms with van der Waals surface area (Å²) >= 11 is 0. The van der Waals surface area contributed by atoms with Crippen LogP contribution in [0.2, 0.25) is 0 Å². The van der Waals surface area contributed by atoms with Crippen LogP contribution >= 0.6 is 0 Å². The topological polar surface area (TPSA) is 94.4 Å². The van der Waals surface area contributed by atoms with Crippen molar-refractivity contribution in [2.75, 3.05) is 31.1 Å². The SMILES string of the molecule is N#Cc1ccnc(N2CCN(C(=O)NCc3cccnc3OC3CCCC3)CC2)c1. The van der Waals surface area contributed by atoms with Gasteiger partial charge in [0, 0.05) is 50.7 Å². The molecule has 1 saturated carbocycles. The first kappa shape index (κ1) is 20.0. The summed E-state index contributed by atoms with van der Waals surface area (Å²) in [5, 5.41) is 12.1. The number of urea groups is 1. The minimum Gasteiger partial charge on any atom is -0.474 e. The molecule has 3 heterocycles. The van der Waals surface area contributed by atoms with Gasteiger partial charge in [0.2, 0.25) is 5.88 Å². The van der Waals surface area contributed by atoms with Gasteiger partial charge in [0.15, 0.2) is 0 Å². The molecule has 8 heteroatoms. The minimum absolute atomic E-state index is 0.0935. The second-order valence-corrected chi connectivity index (χ2v) is 7.64. The van der Waals surface area contributed by atoms with E-state index in [0.29, 0.717) is 44.2 Å². The number of hydrogen-bond acceptors (Lipinski definition) is 6. The zero-order chi connectivity index (χ0) is 20.8. The molecule has 0 unspecified atom stereocenters. The van der Waals surface area contributed by atoms with Crippen LogP contribution in [-0.2, 0) is 6.54 Å². The predicted octanol–water partition coefficient (Wildman–Crippen LogP) is 2.70. The average molecular weight is 406 g/mol. The molecule has 4 rings (SSSR count). The van der Waals surface area contributed by atoms with E-state index in [-0.39, 0.29) is 12.1 Å². The van der Waals surface area contributed by atoms with Crippen molar-refractivity contribution in [2.45, 2.75) is 38.3 Å². The van der Waals surface area contributed by atoms with Crippen molar-refractivity contribution >= 4 is 11.8 Å². The van der Waals surface area contributed by atoms with E-state index >= 15 is 0 Å². The Morgan fingerprint density at radius 2 is 1.97 bits per heavy atom. The summed E-state index contributed by atoms with van der Waals surface area (Å²) in [7, 11) is 0. The normalized spacial score (nSPS) is 16.9. The van der Waals surface area contributed by atoms with Crippen LogP contribution in [0.15, 0.2) is 36.7 Å². The number of ether oxygens (including phenoxy) is 1. The number of amides is 2. The molecule has 2 aromatic rings. The van der Waals surface area contributed by atoms with Gasteiger partial charge in [-0.3, -0.25) is 0 Å². The highest BCUT2D eigenvalue weighted by molar-refractivity contribution is 5.74. The van der Waals surface area contributed by atoms with Gasteiger partial charge in [-0.2, -0.15) is 5.26 Å². The molecule has 2 aromatic heterocycles. The molecule has 156 valence electrons. The Kier molecular flexibility index (Phi) is 6.28. The van der Waals surface area contributed by atoms with E-state index in [9.17, 15) is 4.79 Å². The smallest absolute Gasteiger partial charge is 0.317 e. The molecule has 0 aromatic carbocycles. The fraction of sp³-hybridized carbons (Fsp3) is 0.455. The Morgan fingerprint density at radius 3 is 2.73 bits per heavy atom. The third kappa shape index (κ3) is 4.79. The lowest BCUT2D eigenvalue weighted by molar-refractivity contribution is 0.191. The number of aromatic nitrogens is 2. The molecule has 0 bridgehead atoms. The molecule has 1 aliphatic heterocycles. The van der Waals surface area contributed by atoms with Gasteiger partial charge in [-0.1, -0.05) is 6.07 Å². The van der Waals surface area contributed by atoms with Crippen molar-refractivity contribution in [3.05, 3.63) is 47.8 Å². The molecule has 0 spiro atoms. The summed E-state index contributed by atoms with van der Waals surface area (Å²) < 4.78 is 6.05. The van der Waals surface area contributed by atoms with Gasteiger partial charge in [-0.05, 0) is 43.9 Å². The third-order valence-corrected chi connectivity index (χ3v) is 5.63. The van der Waals surface area contributed by atoms with Gasteiger partial charge in [-0.15, -0.1) is 0 Å². The molecular weight excluding hydrogens is 380 g/mol. The van der Waals surface area contributed by atoms with Crippen LogP contribution in [0.4, 0.5) is 10.6 Å². The van der Waals surface area contributed by atoms with Crippen LogP contribution in [0.1, 0.15) is 36.8 Å². The number of anilines is 1. The number of piperazine rings is 1. The molecule has 8 nitrogen and oxygen atoms in total. The number of nitrogens with one attached hydrogen (secondary N) is 1. The predicted molar refractivity (Wildman–Crippen MR) is 112 cm³/mol. The number of nitrogens with zero attached hydrogens (tertiary/aromatic N) is 5. The summed E-state index contributed by atoms with van der Waals surface area (Å²) in [4.78, 5) is 25.3. The fourth-order valence-corrected chi connectivity index (χ4v) is 3.91. The van der Waals surface area contributed by atoms with Crippen LogP contribution in [0, 0.1) is 11.3 Å². The highest BCUT2D eigenvalue weighted by atomic mass is 16.5. The molecule has 1 aliphatic carbocycles. The Labute approximate surface area is 176 Å². The number of hydrogen-bond donors (Lipinski definition) is 1. The number of pyridine rings is 2. The number of carbonyl (C=O) groups is 1. The van der Waals surface area contributed by atoms with Gasteiger partial charge in [0.25, 0.3) is 0 Å². The first-order chi connectivity index (χ1) is 14.7. The molecule has 1 saturated heterocycles. The number of nitriles is 1. The van der Waals surface area contributed by atoms with E-state index in [1.807, 2.05) is 12.1 Å². The highest BCUT2D eigenvalue weighted by Gasteiger charge is 2.23. The molecule has 0 atom stereocenters. The first-order valence-electron chi connectivity index (χ1n) is 10.5. The Balaban J connectivity index is 1.29. The molecule has 2 aliphatic rings. The molecule has 0 radical (unpaired) electrons. The lowest BCUT2D eigenvalue weighted by atomic mass is 10.2. The monoisotopic (exact) mass is 406 g/mol.